The molecule has 5 rings (SSSR count). The normalized spacial score (nSPS) is 26.7. The molecule has 7 N–H and O–H groups in total. The van der Waals surface area contributed by atoms with Gasteiger partial charge in [0, 0.05) is 34.4 Å². The number of ketones is 2. The van der Waals surface area contributed by atoms with E-state index in [1.54, 1.807) is 32.3 Å². The Balaban J connectivity index is 1.72. The fourth-order valence-corrected chi connectivity index (χ4v) is 6.49. The molecule has 0 aromatic heterocycles. The predicted octanol–water partition coefficient (Wildman–Crippen LogP) is 1.52. The number of phenolic OH excluding ortho intramolecular Hbond substituents is 1. The third-order valence-corrected chi connectivity index (χ3v) is 8.27. The van der Waals surface area contributed by atoms with Gasteiger partial charge in [0.05, 0.1) is 11.6 Å². The van der Waals surface area contributed by atoms with Crippen LogP contribution in [0.2, 0.25) is 0 Å². The summed E-state index contributed by atoms with van der Waals surface area (Å²) >= 11 is 0. The number of nitrogens with one attached hydrogen (secondary N) is 1. The van der Waals surface area contributed by atoms with Crippen LogP contribution in [0, 0.1) is 17.7 Å². The van der Waals surface area contributed by atoms with Gasteiger partial charge in [0.1, 0.15) is 28.7 Å². The van der Waals surface area contributed by atoms with Crippen LogP contribution in [0.15, 0.2) is 40.9 Å². The number of nitrogens with two attached hydrogens (primary N) is 1. The number of Topliss-reactive ketones (excluding diaryl/α,β-unsaturated/α-hetero) is 2. The average Bonchev–Trinajstić information content (AvgIpc) is 2.87. The van der Waals surface area contributed by atoms with E-state index in [0.29, 0.717) is 13.1 Å². The topological polar surface area (TPSA) is 173 Å². The van der Waals surface area contributed by atoms with Crippen LogP contribution < -0.4 is 11.1 Å². The maximum Gasteiger partial charge on any atom is 0.255 e. The summed E-state index contributed by atoms with van der Waals surface area (Å²) in [5.41, 5.74) is 1.77. The van der Waals surface area contributed by atoms with E-state index in [1.807, 2.05) is 6.92 Å². The van der Waals surface area contributed by atoms with E-state index in [1.165, 1.54) is 4.90 Å². The molecule has 0 saturated heterocycles. The highest BCUT2D eigenvalue weighted by Crippen LogP contribution is 2.53. The molecule has 0 bridgehead atoms. The molecule has 2 aromatic carbocycles. The molecule has 10 nitrogen and oxygen atoms in total. The van der Waals surface area contributed by atoms with Crippen LogP contribution in [0.4, 0.5) is 4.39 Å². The zero-order valence-electron chi connectivity index (χ0n) is 21.7. The number of rotatable bonds is 5. The van der Waals surface area contributed by atoms with Crippen LogP contribution >= 0.6 is 0 Å². The number of primary amides is 1. The van der Waals surface area contributed by atoms with Crippen molar-refractivity contribution in [3.63, 3.8) is 0 Å². The Morgan fingerprint density at radius 3 is 2.51 bits per heavy atom. The molecule has 0 unspecified atom stereocenters. The number of carbonyl (C=O) groups is 3. The van der Waals surface area contributed by atoms with Gasteiger partial charge >= 0.3 is 0 Å². The number of halogens is 1. The molecule has 1 amide bonds. The van der Waals surface area contributed by atoms with Crippen LogP contribution in [-0.2, 0) is 22.6 Å². The minimum Gasteiger partial charge on any atom is -0.510 e. The molecule has 0 spiro atoms. The second-order valence-electron chi connectivity index (χ2n) is 10.6. The number of fused-ring (bicyclic) bond motifs is 4. The zero-order chi connectivity index (χ0) is 28.5. The summed E-state index contributed by atoms with van der Waals surface area (Å²) in [5.74, 6) is -8.33. The van der Waals surface area contributed by atoms with E-state index in [-0.39, 0.29) is 40.3 Å². The number of allylic oxidation sites excluding steroid dienone is 1. The fraction of sp³-hybridized carbons (Fsp3) is 0.393. The Hall–Kier alpha value is -3.80. The summed E-state index contributed by atoms with van der Waals surface area (Å²) in [6.45, 7) is 3.07. The molecule has 0 saturated carbocycles. The number of aliphatic hydroxyl groups is 3. The van der Waals surface area contributed by atoms with Gasteiger partial charge in [-0.05, 0) is 51.0 Å². The third-order valence-electron chi connectivity index (χ3n) is 8.27. The molecule has 0 radical (unpaired) electrons. The lowest BCUT2D eigenvalue weighted by Gasteiger charge is -2.50. The van der Waals surface area contributed by atoms with E-state index in [0.717, 1.165) is 5.56 Å². The lowest BCUT2D eigenvalue weighted by molar-refractivity contribution is -0.148. The van der Waals surface area contributed by atoms with Gasteiger partial charge in [0.25, 0.3) is 5.91 Å². The minimum atomic E-state index is -2.74. The Bertz CT molecular complexity index is 1530. The lowest BCUT2D eigenvalue weighted by Crippen LogP contribution is -2.63. The summed E-state index contributed by atoms with van der Waals surface area (Å²) in [7, 11) is 3.09. The summed E-state index contributed by atoms with van der Waals surface area (Å²) in [5, 5.41) is 48.4. The van der Waals surface area contributed by atoms with Crippen molar-refractivity contribution >= 4 is 28.2 Å². The lowest BCUT2D eigenvalue weighted by atomic mass is 9.58. The van der Waals surface area contributed by atoms with Crippen LogP contribution in [0.25, 0.3) is 10.8 Å². The van der Waals surface area contributed by atoms with Gasteiger partial charge in [-0.3, -0.25) is 19.3 Å². The van der Waals surface area contributed by atoms with Crippen molar-refractivity contribution in [3.05, 3.63) is 63.4 Å². The van der Waals surface area contributed by atoms with Crippen molar-refractivity contribution in [2.45, 2.75) is 38.0 Å². The summed E-state index contributed by atoms with van der Waals surface area (Å²) in [6, 6.07) is 3.73. The standard InChI is InChI=1S/C28H30FN3O7/c1-4-31-10-11-5-6-13-14(7-11)22(33)18-15(20(13)29)8-12-9-16-21(32(2)3)24(35)19(27(30)38)26(37)28(16,39)25(36)17(12)23(18)34/h5-7,12,16,21,31,33,35-36,39H,4,8-10H2,1-3H3,(H2,30,38)/t12-,16-,21-,28-/m0/s1. The van der Waals surface area contributed by atoms with E-state index in [2.05, 4.69) is 5.32 Å². The highest BCUT2D eigenvalue weighted by Gasteiger charge is 2.63. The van der Waals surface area contributed by atoms with E-state index in [4.69, 9.17) is 5.73 Å². The first-order chi connectivity index (χ1) is 18.4. The maximum atomic E-state index is 15.9. The molecule has 206 valence electrons. The van der Waals surface area contributed by atoms with E-state index < -0.39 is 69.6 Å². The molecule has 39 heavy (non-hydrogen) atoms. The third kappa shape index (κ3) is 3.60. The largest absolute Gasteiger partial charge is 0.510 e. The van der Waals surface area contributed by atoms with Gasteiger partial charge in [-0.1, -0.05) is 19.1 Å². The van der Waals surface area contributed by atoms with Gasteiger partial charge in [0.2, 0.25) is 5.78 Å². The van der Waals surface area contributed by atoms with Crippen molar-refractivity contribution in [1.82, 2.24) is 10.2 Å². The monoisotopic (exact) mass is 539 g/mol. The van der Waals surface area contributed by atoms with Crippen LogP contribution in [0.3, 0.4) is 0 Å². The smallest absolute Gasteiger partial charge is 0.255 e. The Morgan fingerprint density at radius 1 is 1.21 bits per heavy atom. The Labute approximate surface area is 223 Å². The minimum absolute atomic E-state index is 0.0300. The summed E-state index contributed by atoms with van der Waals surface area (Å²) < 4.78 is 15.9. The van der Waals surface area contributed by atoms with Crippen molar-refractivity contribution in [3.8, 4) is 5.75 Å². The first-order valence-corrected chi connectivity index (χ1v) is 12.7. The number of aromatic hydroxyl groups is 1. The molecular weight excluding hydrogens is 509 g/mol. The molecule has 4 atom stereocenters. The quantitative estimate of drug-likeness (QED) is 0.308. The van der Waals surface area contributed by atoms with Crippen LogP contribution in [0.1, 0.15) is 34.8 Å². The van der Waals surface area contributed by atoms with Gasteiger partial charge in [0.15, 0.2) is 11.4 Å². The van der Waals surface area contributed by atoms with Gasteiger partial charge in [-0.15, -0.1) is 0 Å². The first-order valence-electron chi connectivity index (χ1n) is 12.7. The highest BCUT2D eigenvalue weighted by atomic mass is 19.1. The van der Waals surface area contributed by atoms with Crippen molar-refractivity contribution < 1.29 is 39.2 Å². The summed E-state index contributed by atoms with van der Waals surface area (Å²) in [4.78, 5) is 40.7. The number of phenols is 1. The molecule has 2 aromatic rings. The Morgan fingerprint density at radius 2 is 1.90 bits per heavy atom. The number of aliphatic hydroxyl groups excluding tert-OH is 2. The van der Waals surface area contributed by atoms with E-state index in [9.17, 15) is 34.8 Å². The molecule has 11 heteroatoms. The SMILES string of the molecule is CCNCc1ccc2c(F)c3c(c(O)c2c1)C(=O)C1=C(O)[C@]2(O)C(=O)C(C(N)=O)=C(O)[C@@H](N(C)C)[C@@H]2C[C@@H]1C3. The average molecular weight is 540 g/mol. The van der Waals surface area contributed by atoms with Gasteiger partial charge in [-0.2, -0.15) is 0 Å². The Kier molecular flexibility index (Phi) is 6.28. The van der Waals surface area contributed by atoms with Crippen LogP contribution in [-0.4, -0.2) is 75.1 Å². The maximum absolute atomic E-state index is 15.9. The van der Waals surface area contributed by atoms with Gasteiger partial charge < -0.3 is 31.5 Å². The zero-order valence-corrected chi connectivity index (χ0v) is 21.7. The number of hydrogen-bond donors (Lipinski definition) is 6. The molecule has 0 heterocycles. The number of carbonyl (C=O) groups excluding carboxylic acids is 3. The van der Waals surface area contributed by atoms with E-state index >= 15 is 4.39 Å². The second kappa shape index (κ2) is 9.15. The summed E-state index contributed by atoms with van der Waals surface area (Å²) in [6.07, 6.45) is -0.214. The fourth-order valence-electron chi connectivity index (χ4n) is 6.49. The number of hydrogen-bond acceptors (Lipinski definition) is 9. The predicted molar refractivity (Wildman–Crippen MR) is 139 cm³/mol. The molecule has 3 aliphatic carbocycles. The molecule has 0 aliphatic heterocycles. The second-order valence-corrected chi connectivity index (χ2v) is 10.6. The first kappa shape index (κ1) is 26.8. The molecule has 3 aliphatic rings. The highest BCUT2D eigenvalue weighted by molar-refractivity contribution is 6.25. The van der Waals surface area contributed by atoms with Crippen molar-refractivity contribution in [1.29, 1.82) is 0 Å². The number of benzene rings is 2. The number of likely N-dealkylation sites (N-methyl/N-ethyl adjacent to an activating group) is 1. The van der Waals surface area contributed by atoms with Crippen LogP contribution in [0.5, 0.6) is 5.75 Å². The van der Waals surface area contributed by atoms with Crippen molar-refractivity contribution in [2.24, 2.45) is 17.6 Å². The number of amides is 1. The molecular formula is C28H30FN3O7. The van der Waals surface area contributed by atoms with Gasteiger partial charge in [-0.25, -0.2) is 4.39 Å². The number of nitrogens with zero attached hydrogens (tertiary/aromatic N) is 1. The van der Waals surface area contributed by atoms with Crippen molar-refractivity contribution in [2.75, 3.05) is 20.6 Å². The molecule has 0 fully saturated rings.